The zero-order valence-electron chi connectivity index (χ0n) is 21.6. The number of pyridine rings is 1. The molecule has 1 saturated heterocycles. The van der Waals surface area contributed by atoms with Crippen molar-refractivity contribution >= 4 is 34.5 Å². The number of anilines is 1. The van der Waals surface area contributed by atoms with Gasteiger partial charge in [-0.05, 0) is 72.3 Å². The highest BCUT2D eigenvalue weighted by molar-refractivity contribution is 6.23. The average molecular weight is 533 g/mol. The van der Waals surface area contributed by atoms with Crippen molar-refractivity contribution in [2.45, 2.75) is 19.0 Å². The molecule has 9 nitrogen and oxygen atoms in total. The molecular formula is C31H24N4O5. The third-order valence-electron chi connectivity index (χ3n) is 6.84. The maximum atomic E-state index is 13.7. The van der Waals surface area contributed by atoms with Gasteiger partial charge in [-0.2, -0.15) is 0 Å². The van der Waals surface area contributed by atoms with Crippen LogP contribution in [0.1, 0.15) is 22.3 Å². The number of hydrogen-bond donors (Lipinski definition) is 0. The Kier molecular flexibility index (Phi) is 6.53. The number of benzene rings is 3. The number of rotatable bonds is 7. The summed E-state index contributed by atoms with van der Waals surface area (Å²) >= 11 is 0. The van der Waals surface area contributed by atoms with Crippen LogP contribution in [0, 0.1) is 0 Å². The van der Waals surface area contributed by atoms with Gasteiger partial charge in [-0.1, -0.05) is 18.2 Å². The number of carbonyl (C=O) groups excluding carboxylic acids is 3. The summed E-state index contributed by atoms with van der Waals surface area (Å²) in [5.41, 5.74) is 3.66. The molecule has 198 valence electrons. The molecule has 1 aliphatic rings. The van der Waals surface area contributed by atoms with Crippen LogP contribution in [0.2, 0.25) is 0 Å². The monoisotopic (exact) mass is 532 g/mol. The van der Waals surface area contributed by atoms with E-state index in [9.17, 15) is 14.4 Å². The van der Waals surface area contributed by atoms with Crippen molar-refractivity contribution in [2.24, 2.45) is 0 Å². The lowest BCUT2D eigenvalue weighted by molar-refractivity contribution is -0.122. The van der Waals surface area contributed by atoms with Gasteiger partial charge in [-0.15, -0.1) is 0 Å². The number of ether oxygens (including phenoxy) is 1. The largest absolute Gasteiger partial charge is 0.497 e. The fourth-order valence-corrected chi connectivity index (χ4v) is 4.79. The first-order chi connectivity index (χ1) is 19.5. The van der Waals surface area contributed by atoms with Crippen LogP contribution in [0.3, 0.4) is 0 Å². The Hall–Kier alpha value is -5.31. The standard InChI is InChI=1S/C31H24N4O5/c1-39-24-14-10-22(11-15-24)30(37)34(19-20-5-4-16-32-18-20)26-17-28(36)35(31(26)38)23-12-8-21(9-13-23)29-33-25-6-2-3-7-27(25)40-29/h2-16,18,26H,17,19H2,1H3. The van der Waals surface area contributed by atoms with E-state index in [1.165, 1.54) is 4.90 Å². The predicted octanol–water partition coefficient (Wildman–Crippen LogP) is 4.87. The molecule has 0 bridgehead atoms. The third kappa shape index (κ3) is 4.69. The minimum absolute atomic E-state index is 0.118. The number of hydrogen-bond acceptors (Lipinski definition) is 7. The Labute approximate surface area is 229 Å². The van der Waals surface area contributed by atoms with Crippen LogP contribution in [0.15, 0.2) is 102 Å². The van der Waals surface area contributed by atoms with E-state index in [1.807, 2.05) is 30.3 Å². The number of para-hydroxylation sites is 2. The molecule has 1 aliphatic heterocycles. The zero-order chi connectivity index (χ0) is 27.6. The molecule has 5 aromatic rings. The highest BCUT2D eigenvalue weighted by Crippen LogP contribution is 2.31. The van der Waals surface area contributed by atoms with E-state index in [2.05, 4.69) is 9.97 Å². The van der Waals surface area contributed by atoms with E-state index in [1.54, 1.807) is 74.1 Å². The summed E-state index contributed by atoms with van der Waals surface area (Å²) in [5, 5.41) is 0. The summed E-state index contributed by atoms with van der Waals surface area (Å²) in [5.74, 6) is -0.174. The van der Waals surface area contributed by atoms with Crippen molar-refractivity contribution < 1.29 is 23.5 Å². The molecule has 0 saturated carbocycles. The summed E-state index contributed by atoms with van der Waals surface area (Å²) in [6, 6.07) is 23.6. The highest BCUT2D eigenvalue weighted by atomic mass is 16.5. The van der Waals surface area contributed by atoms with Crippen molar-refractivity contribution in [3.8, 4) is 17.2 Å². The highest BCUT2D eigenvalue weighted by Gasteiger charge is 2.44. The van der Waals surface area contributed by atoms with Crippen LogP contribution >= 0.6 is 0 Å². The molecule has 40 heavy (non-hydrogen) atoms. The Morgan fingerprint density at radius 2 is 1.77 bits per heavy atom. The first-order valence-corrected chi connectivity index (χ1v) is 12.7. The van der Waals surface area contributed by atoms with E-state index in [4.69, 9.17) is 9.15 Å². The Balaban J connectivity index is 1.28. The van der Waals surface area contributed by atoms with Crippen molar-refractivity contribution in [3.05, 3.63) is 108 Å². The normalized spacial score (nSPS) is 15.0. The minimum atomic E-state index is -0.973. The van der Waals surface area contributed by atoms with E-state index in [0.717, 1.165) is 16.0 Å². The average Bonchev–Trinajstić information content (AvgIpc) is 3.56. The number of amides is 3. The molecule has 1 unspecified atom stereocenters. The van der Waals surface area contributed by atoms with Crippen LogP contribution in [0.5, 0.6) is 5.75 Å². The first-order valence-electron chi connectivity index (χ1n) is 12.7. The molecule has 1 fully saturated rings. The maximum Gasteiger partial charge on any atom is 0.257 e. The van der Waals surface area contributed by atoms with Crippen LogP contribution in [0.25, 0.3) is 22.6 Å². The topological polar surface area (TPSA) is 106 Å². The van der Waals surface area contributed by atoms with Gasteiger partial charge in [0, 0.05) is 30.1 Å². The lowest BCUT2D eigenvalue weighted by Gasteiger charge is -2.28. The van der Waals surface area contributed by atoms with Gasteiger partial charge in [0.1, 0.15) is 17.3 Å². The Bertz CT molecular complexity index is 1660. The quantitative estimate of drug-likeness (QED) is 0.275. The van der Waals surface area contributed by atoms with E-state index < -0.39 is 11.9 Å². The van der Waals surface area contributed by atoms with Gasteiger partial charge in [-0.3, -0.25) is 19.4 Å². The number of methoxy groups -OCH3 is 1. The SMILES string of the molecule is COc1ccc(C(=O)N(Cc2cccnc2)C2CC(=O)N(c3ccc(-c4nc5ccccc5o4)cc3)C2=O)cc1. The number of oxazole rings is 1. The molecule has 0 radical (unpaired) electrons. The zero-order valence-corrected chi connectivity index (χ0v) is 21.6. The van der Waals surface area contributed by atoms with Crippen molar-refractivity contribution in [3.63, 3.8) is 0 Å². The van der Waals surface area contributed by atoms with Crippen molar-refractivity contribution in [2.75, 3.05) is 12.0 Å². The van der Waals surface area contributed by atoms with Crippen molar-refractivity contribution in [1.82, 2.24) is 14.9 Å². The summed E-state index contributed by atoms with van der Waals surface area (Å²) < 4.78 is 11.0. The van der Waals surface area contributed by atoms with E-state index in [-0.39, 0.29) is 24.8 Å². The van der Waals surface area contributed by atoms with Gasteiger partial charge in [-0.25, -0.2) is 9.88 Å². The van der Waals surface area contributed by atoms with Gasteiger partial charge in [0.2, 0.25) is 11.8 Å². The fraction of sp³-hybridized carbons (Fsp3) is 0.129. The summed E-state index contributed by atoms with van der Waals surface area (Å²) in [6.07, 6.45) is 3.14. The van der Waals surface area contributed by atoms with Crippen LogP contribution in [-0.2, 0) is 16.1 Å². The molecule has 6 rings (SSSR count). The summed E-state index contributed by atoms with van der Waals surface area (Å²) in [4.78, 5) is 51.8. The number of fused-ring (bicyclic) bond motifs is 1. The molecule has 0 spiro atoms. The maximum absolute atomic E-state index is 13.7. The Morgan fingerprint density at radius 1 is 1.00 bits per heavy atom. The lowest BCUT2D eigenvalue weighted by atomic mass is 10.1. The van der Waals surface area contributed by atoms with Gasteiger partial charge in [0.05, 0.1) is 19.2 Å². The third-order valence-corrected chi connectivity index (χ3v) is 6.84. The number of aromatic nitrogens is 2. The molecule has 9 heteroatoms. The molecular weight excluding hydrogens is 508 g/mol. The number of nitrogens with zero attached hydrogens (tertiary/aromatic N) is 4. The molecule has 3 aromatic carbocycles. The number of carbonyl (C=O) groups is 3. The fourth-order valence-electron chi connectivity index (χ4n) is 4.79. The van der Waals surface area contributed by atoms with Gasteiger partial charge in [0.25, 0.3) is 11.8 Å². The minimum Gasteiger partial charge on any atom is -0.497 e. The van der Waals surface area contributed by atoms with E-state index >= 15 is 0 Å². The Morgan fingerprint density at radius 3 is 2.48 bits per heavy atom. The molecule has 3 heterocycles. The lowest BCUT2D eigenvalue weighted by Crippen LogP contribution is -2.45. The first kappa shape index (κ1) is 25.0. The molecule has 1 atom stereocenters. The molecule has 3 amide bonds. The summed E-state index contributed by atoms with van der Waals surface area (Å²) in [6.45, 7) is 0.118. The molecule has 0 aliphatic carbocycles. The van der Waals surface area contributed by atoms with Crippen LogP contribution in [0.4, 0.5) is 5.69 Å². The second kappa shape index (κ2) is 10.5. The number of imide groups is 1. The van der Waals surface area contributed by atoms with Gasteiger partial charge >= 0.3 is 0 Å². The van der Waals surface area contributed by atoms with Crippen molar-refractivity contribution in [1.29, 1.82) is 0 Å². The van der Waals surface area contributed by atoms with Crippen LogP contribution in [-0.4, -0.2) is 45.7 Å². The second-order valence-electron chi connectivity index (χ2n) is 9.34. The molecule has 2 aromatic heterocycles. The second-order valence-corrected chi connectivity index (χ2v) is 9.34. The van der Waals surface area contributed by atoms with Gasteiger partial charge in [0.15, 0.2) is 5.58 Å². The molecule has 0 N–H and O–H groups in total. The smallest absolute Gasteiger partial charge is 0.257 e. The van der Waals surface area contributed by atoms with Gasteiger partial charge < -0.3 is 14.1 Å². The van der Waals surface area contributed by atoms with E-state index in [0.29, 0.717) is 34.0 Å². The van der Waals surface area contributed by atoms with Crippen LogP contribution < -0.4 is 9.64 Å². The predicted molar refractivity (Wildman–Crippen MR) is 147 cm³/mol. The summed E-state index contributed by atoms with van der Waals surface area (Å²) in [7, 11) is 1.54.